The van der Waals surface area contributed by atoms with E-state index in [1.54, 1.807) is 0 Å². The minimum absolute atomic E-state index is 0.129. The van der Waals surface area contributed by atoms with Crippen molar-refractivity contribution >= 4 is 5.91 Å². The molecule has 0 radical (unpaired) electrons. The van der Waals surface area contributed by atoms with Crippen molar-refractivity contribution in [3.8, 4) is 0 Å². The fourth-order valence-corrected chi connectivity index (χ4v) is 2.36. The number of hydrogen-bond donors (Lipinski definition) is 1. The Labute approximate surface area is 90.2 Å². The average molecular weight is 213 g/mol. The van der Waals surface area contributed by atoms with Gasteiger partial charge in [-0.3, -0.25) is 4.79 Å². The van der Waals surface area contributed by atoms with E-state index >= 15 is 0 Å². The molecule has 2 aliphatic heterocycles. The maximum atomic E-state index is 12.1. The number of rotatable bonds is 1. The standard InChI is InChI=1S/C11H19NO3/c13-10-2-1-5-12(8-10)11(14)9-3-6-15-7-4-9/h9-10,13H,1-8H2. The third-order valence-electron chi connectivity index (χ3n) is 3.28. The first-order valence-electron chi connectivity index (χ1n) is 5.82. The Hall–Kier alpha value is -0.610. The Balaban J connectivity index is 1.88. The van der Waals surface area contributed by atoms with Crippen LogP contribution < -0.4 is 0 Å². The summed E-state index contributed by atoms with van der Waals surface area (Å²) in [5.41, 5.74) is 0. The van der Waals surface area contributed by atoms with E-state index < -0.39 is 0 Å². The number of carbonyl (C=O) groups is 1. The summed E-state index contributed by atoms with van der Waals surface area (Å²) in [7, 11) is 0. The smallest absolute Gasteiger partial charge is 0.225 e. The second kappa shape index (κ2) is 4.94. The van der Waals surface area contributed by atoms with Gasteiger partial charge in [-0.05, 0) is 25.7 Å². The molecule has 1 unspecified atom stereocenters. The van der Waals surface area contributed by atoms with Crippen LogP contribution in [0.4, 0.5) is 0 Å². The summed E-state index contributed by atoms with van der Waals surface area (Å²) in [5.74, 6) is 0.348. The predicted molar refractivity (Wildman–Crippen MR) is 55.4 cm³/mol. The molecular formula is C11H19NO3. The normalized spacial score (nSPS) is 29.1. The topological polar surface area (TPSA) is 49.8 Å². The first-order chi connectivity index (χ1) is 7.27. The Kier molecular flexibility index (Phi) is 3.59. The fraction of sp³-hybridized carbons (Fsp3) is 0.909. The Morgan fingerprint density at radius 3 is 2.67 bits per heavy atom. The van der Waals surface area contributed by atoms with Crippen molar-refractivity contribution in [1.82, 2.24) is 4.90 Å². The van der Waals surface area contributed by atoms with Crippen LogP contribution in [0.1, 0.15) is 25.7 Å². The largest absolute Gasteiger partial charge is 0.391 e. The first kappa shape index (κ1) is 10.9. The molecule has 1 atom stereocenters. The number of aliphatic hydroxyl groups excluding tert-OH is 1. The van der Waals surface area contributed by atoms with Crippen LogP contribution in [-0.2, 0) is 9.53 Å². The summed E-state index contributed by atoms with van der Waals surface area (Å²) in [4.78, 5) is 13.9. The third kappa shape index (κ3) is 2.69. The highest BCUT2D eigenvalue weighted by molar-refractivity contribution is 5.79. The van der Waals surface area contributed by atoms with Gasteiger partial charge < -0.3 is 14.7 Å². The van der Waals surface area contributed by atoms with Crippen LogP contribution in [0.25, 0.3) is 0 Å². The number of β-amino-alcohol motifs (C(OH)–C–C–N with tert-alkyl or cyclic N) is 1. The van der Waals surface area contributed by atoms with Gasteiger partial charge in [-0.25, -0.2) is 0 Å². The maximum Gasteiger partial charge on any atom is 0.225 e. The number of piperidine rings is 1. The highest BCUT2D eigenvalue weighted by Gasteiger charge is 2.29. The number of amides is 1. The van der Waals surface area contributed by atoms with Crippen molar-refractivity contribution in [2.24, 2.45) is 5.92 Å². The third-order valence-corrected chi connectivity index (χ3v) is 3.28. The van der Waals surface area contributed by atoms with Gasteiger partial charge in [0.05, 0.1) is 6.10 Å². The van der Waals surface area contributed by atoms with Crippen molar-refractivity contribution in [3.05, 3.63) is 0 Å². The highest BCUT2D eigenvalue weighted by Crippen LogP contribution is 2.20. The summed E-state index contributed by atoms with van der Waals surface area (Å²) in [6.07, 6.45) is 3.12. The van der Waals surface area contributed by atoms with E-state index in [0.29, 0.717) is 19.8 Å². The lowest BCUT2D eigenvalue weighted by Crippen LogP contribution is -2.45. The van der Waals surface area contributed by atoms with Crippen LogP contribution in [0.2, 0.25) is 0 Å². The number of ether oxygens (including phenoxy) is 1. The van der Waals surface area contributed by atoms with Crippen LogP contribution in [0, 0.1) is 5.92 Å². The van der Waals surface area contributed by atoms with Gasteiger partial charge in [0.1, 0.15) is 0 Å². The molecule has 2 saturated heterocycles. The molecule has 0 aliphatic carbocycles. The molecule has 0 aromatic heterocycles. The quantitative estimate of drug-likeness (QED) is 0.685. The van der Waals surface area contributed by atoms with E-state index in [2.05, 4.69) is 0 Å². The zero-order chi connectivity index (χ0) is 10.7. The van der Waals surface area contributed by atoms with Crippen molar-refractivity contribution in [2.45, 2.75) is 31.8 Å². The molecule has 15 heavy (non-hydrogen) atoms. The second-order valence-electron chi connectivity index (χ2n) is 4.47. The monoisotopic (exact) mass is 213 g/mol. The van der Waals surface area contributed by atoms with Crippen molar-refractivity contribution in [2.75, 3.05) is 26.3 Å². The molecule has 4 heteroatoms. The van der Waals surface area contributed by atoms with E-state index in [0.717, 1.165) is 32.2 Å². The lowest BCUT2D eigenvalue weighted by Gasteiger charge is -2.34. The molecule has 2 heterocycles. The van der Waals surface area contributed by atoms with E-state index in [4.69, 9.17) is 4.74 Å². The SMILES string of the molecule is O=C(C1CCOCC1)N1CCCC(O)C1. The fourth-order valence-electron chi connectivity index (χ4n) is 2.36. The van der Waals surface area contributed by atoms with Gasteiger partial charge in [-0.2, -0.15) is 0 Å². The van der Waals surface area contributed by atoms with E-state index in [1.807, 2.05) is 4.90 Å². The van der Waals surface area contributed by atoms with Crippen LogP contribution in [0.15, 0.2) is 0 Å². The molecule has 1 N–H and O–H groups in total. The van der Waals surface area contributed by atoms with E-state index in [1.165, 1.54) is 0 Å². The van der Waals surface area contributed by atoms with E-state index in [9.17, 15) is 9.90 Å². The van der Waals surface area contributed by atoms with Gasteiger partial charge in [-0.15, -0.1) is 0 Å². The van der Waals surface area contributed by atoms with Gasteiger partial charge in [0, 0.05) is 32.2 Å². The second-order valence-corrected chi connectivity index (χ2v) is 4.47. The summed E-state index contributed by atoms with van der Waals surface area (Å²) in [6.45, 7) is 2.74. The zero-order valence-corrected chi connectivity index (χ0v) is 9.02. The lowest BCUT2D eigenvalue weighted by molar-refractivity contribution is -0.141. The Bertz CT molecular complexity index is 226. The molecular weight excluding hydrogens is 194 g/mol. The van der Waals surface area contributed by atoms with Crippen molar-refractivity contribution < 1.29 is 14.6 Å². The minimum atomic E-state index is -0.317. The van der Waals surface area contributed by atoms with Crippen LogP contribution in [0.5, 0.6) is 0 Å². The number of likely N-dealkylation sites (tertiary alicyclic amines) is 1. The van der Waals surface area contributed by atoms with Gasteiger partial charge >= 0.3 is 0 Å². The van der Waals surface area contributed by atoms with Gasteiger partial charge in [-0.1, -0.05) is 0 Å². The van der Waals surface area contributed by atoms with E-state index in [-0.39, 0.29) is 17.9 Å². The highest BCUT2D eigenvalue weighted by atomic mass is 16.5. The van der Waals surface area contributed by atoms with Gasteiger partial charge in [0.15, 0.2) is 0 Å². The number of carbonyl (C=O) groups excluding carboxylic acids is 1. The molecule has 0 saturated carbocycles. The molecule has 4 nitrogen and oxygen atoms in total. The maximum absolute atomic E-state index is 12.1. The van der Waals surface area contributed by atoms with Gasteiger partial charge in [0.25, 0.3) is 0 Å². The van der Waals surface area contributed by atoms with Crippen LogP contribution in [-0.4, -0.2) is 48.3 Å². The molecule has 0 bridgehead atoms. The number of aliphatic hydroxyl groups is 1. The molecule has 2 fully saturated rings. The Morgan fingerprint density at radius 1 is 1.27 bits per heavy atom. The molecule has 1 amide bonds. The molecule has 0 spiro atoms. The minimum Gasteiger partial charge on any atom is -0.391 e. The summed E-state index contributed by atoms with van der Waals surface area (Å²) in [5, 5.41) is 9.51. The lowest BCUT2D eigenvalue weighted by atomic mass is 9.97. The average Bonchev–Trinajstić information content (AvgIpc) is 2.29. The molecule has 0 aromatic rings. The molecule has 0 aromatic carbocycles. The predicted octanol–water partition coefficient (Wildman–Crippen LogP) is 0.396. The molecule has 2 aliphatic rings. The van der Waals surface area contributed by atoms with Crippen LogP contribution >= 0.6 is 0 Å². The van der Waals surface area contributed by atoms with Crippen molar-refractivity contribution in [3.63, 3.8) is 0 Å². The van der Waals surface area contributed by atoms with Crippen molar-refractivity contribution in [1.29, 1.82) is 0 Å². The molecule has 2 rings (SSSR count). The summed E-state index contributed by atoms with van der Waals surface area (Å²) >= 11 is 0. The number of hydrogen-bond acceptors (Lipinski definition) is 3. The van der Waals surface area contributed by atoms with Crippen LogP contribution in [0.3, 0.4) is 0 Å². The molecule has 86 valence electrons. The summed E-state index contributed by atoms with van der Waals surface area (Å²) < 4.78 is 5.24. The van der Waals surface area contributed by atoms with Gasteiger partial charge in [0.2, 0.25) is 5.91 Å². The zero-order valence-electron chi connectivity index (χ0n) is 9.02. The number of nitrogens with zero attached hydrogens (tertiary/aromatic N) is 1. The summed E-state index contributed by atoms with van der Waals surface area (Å²) in [6, 6.07) is 0. The first-order valence-corrected chi connectivity index (χ1v) is 5.82. The Morgan fingerprint density at radius 2 is 2.00 bits per heavy atom.